The third kappa shape index (κ3) is 3.65. The first-order valence-electron chi connectivity index (χ1n) is 4.89. The number of nitrogens with zero attached hydrogens (tertiary/aromatic N) is 2. The van der Waals surface area contributed by atoms with Crippen LogP contribution >= 0.6 is 47.2 Å². The number of nitrogens with one attached hydrogen (secondary N) is 2. The standard InChI is InChI=1S/C10H9Cl3N4.ClH/c11-7-1-2-8(12)9(13)6(7)5-16-17-10-14-3-4-15-10;/h1-2,5H,3-4H2,(H2,14,15,17);1H. The van der Waals surface area contributed by atoms with E-state index < -0.39 is 0 Å². The molecule has 0 spiro atoms. The van der Waals surface area contributed by atoms with Crippen molar-refractivity contribution in [2.75, 3.05) is 13.1 Å². The van der Waals surface area contributed by atoms with Crippen LogP contribution in [0.3, 0.4) is 0 Å². The van der Waals surface area contributed by atoms with Gasteiger partial charge in [0, 0.05) is 12.1 Å². The van der Waals surface area contributed by atoms with Crippen molar-refractivity contribution >= 4 is 59.4 Å². The van der Waals surface area contributed by atoms with E-state index in [9.17, 15) is 0 Å². The van der Waals surface area contributed by atoms with E-state index in [0.717, 1.165) is 13.1 Å². The Morgan fingerprint density at radius 1 is 1.28 bits per heavy atom. The molecule has 0 aromatic heterocycles. The Morgan fingerprint density at radius 3 is 2.67 bits per heavy atom. The lowest BCUT2D eigenvalue weighted by atomic mass is 10.2. The molecule has 4 nitrogen and oxygen atoms in total. The number of benzene rings is 1. The Morgan fingerprint density at radius 2 is 2.00 bits per heavy atom. The van der Waals surface area contributed by atoms with E-state index in [2.05, 4.69) is 20.8 Å². The molecule has 0 radical (unpaired) electrons. The van der Waals surface area contributed by atoms with Crippen molar-refractivity contribution in [3.05, 3.63) is 32.8 Å². The molecular weight excluding hydrogens is 318 g/mol. The summed E-state index contributed by atoms with van der Waals surface area (Å²) in [7, 11) is 0. The molecule has 2 N–H and O–H groups in total. The Kier molecular flexibility index (Phi) is 6.02. The van der Waals surface area contributed by atoms with Gasteiger partial charge in [0.05, 0.1) is 27.8 Å². The lowest BCUT2D eigenvalue weighted by molar-refractivity contribution is 0.920. The highest BCUT2D eigenvalue weighted by atomic mass is 35.5. The van der Waals surface area contributed by atoms with Crippen molar-refractivity contribution < 1.29 is 0 Å². The monoisotopic (exact) mass is 326 g/mol. The predicted octanol–water partition coefficient (Wildman–Crippen LogP) is 2.95. The number of hydrogen-bond donors (Lipinski definition) is 2. The van der Waals surface area contributed by atoms with Gasteiger partial charge in [-0.15, -0.1) is 12.4 Å². The molecule has 1 aliphatic rings. The first-order chi connectivity index (χ1) is 8.18. The van der Waals surface area contributed by atoms with Crippen LogP contribution in [-0.2, 0) is 0 Å². The van der Waals surface area contributed by atoms with Gasteiger partial charge in [-0.2, -0.15) is 5.10 Å². The van der Waals surface area contributed by atoms with Crippen LogP contribution in [-0.4, -0.2) is 25.3 Å². The van der Waals surface area contributed by atoms with Gasteiger partial charge < -0.3 is 5.32 Å². The van der Waals surface area contributed by atoms with Crippen LogP contribution in [0.2, 0.25) is 15.1 Å². The molecule has 8 heteroatoms. The van der Waals surface area contributed by atoms with Gasteiger partial charge in [0.2, 0.25) is 5.96 Å². The molecule has 1 heterocycles. The van der Waals surface area contributed by atoms with Crippen molar-refractivity contribution in [2.45, 2.75) is 0 Å². The van der Waals surface area contributed by atoms with E-state index in [1.54, 1.807) is 12.1 Å². The molecule has 0 unspecified atom stereocenters. The molecule has 0 saturated carbocycles. The molecule has 0 atom stereocenters. The molecule has 0 aliphatic carbocycles. The van der Waals surface area contributed by atoms with Crippen LogP contribution in [0.4, 0.5) is 0 Å². The normalized spacial score (nSPS) is 14.1. The summed E-state index contributed by atoms with van der Waals surface area (Å²) in [5.74, 6) is 0.635. The molecule has 0 amide bonds. The molecule has 1 aromatic rings. The third-order valence-corrected chi connectivity index (χ3v) is 3.27. The van der Waals surface area contributed by atoms with Crippen molar-refractivity contribution in [1.29, 1.82) is 0 Å². The van der Waals surface area contributed by atoms with Crippen LogP contribution in [0, 0.1) is 0 Å². The van der Waals surface area contributed by atoms with Gasteiger partial charge >= 0.3 is 0 Å². The SMILES string of the molecule is Cl.Clc1ccc(Cl)c(C=NNC2=NCCN2)c1Cl. The maximum atomic E-state index is 6.01. The van der Waals surface area contributed by atoms with E-state index >= 15 is 0 Å². The average molecular weight is 328 g/mol. The molecule has 0 saturated heterocycles. The molecule has 1 aliphatic heterocycles. The lowest BCUT2D eigenvalue weighted by Gasteiger charge is -2.03. The van der Waals surface area contributed by atoms with Gasteiger partial charge in [-0.3, -0.25) is 0 Å². The second kappa shape index (κ2) is 7.04. The van der Waals surface area contributed by atoms with E-state index in [1.807, 2.05) is 0 Å². The minimum Gasteiger partial charge on any atom is -0.353 e. The molecule has 18 heavy (non-hydrogen) atoms. The number of rotatable bonds is 2. The molecule has 0 bridgehead atoms. The van der Waals surface area contributed by atoms with E-state index in [1.165, 1.54) is 6.21 Å². The number of hydrazone groups is 1. The first-order valence-corrected chi connectivity index (χ1v) is 6.03. The van der Waals surface area contributed by atoms with Gasteiger partial charge in [-0.05, 0) is 12.1 Å². The fourth-order valence-corrected chi connectivity index (χ4v) is 1.92. The second-order valence-corrected chi connectivity index (χ2v) is 4.48. The number of hydrogen-bond acceptors (Lipinski definition) is 4. The Balaban J connectivity index is 0.00000162. The van der Waals surface area contributed by atoms with Crippen LogP contribution in [0.5, 0.6) is 0 Å². The summed E-state index contributed by atoms with van der Waals surface area (Å²) in [5, 5.41) is 8.32. The zero-order chi connectivity index (χ0) is 12.3. The van der Waals surface area contributed by atoms with Crippen LogP contribution in [0.15, 0.2) is 22.2 Å². The van der Waals surface area contributed by atoms with E-state index in [0.29, 0.717) is 26.6 Å². The first kappa shape index (κ1) is 15.4. The quantitative estimate of drug-likeness (QED) is 0.498. The van der Waals surface area contributed by atoms with Crippen molar-refractivity contribution in [2.24, 2.45) is 10.1 Å². The molecule has 2 rings (SSSR count). The molecule has 1 aromatic carbocycles. The second-order valence-electron chi connectivity index (χ2n) is 3.28. The molecule has 0 fully saturated rings. The number of aliphatic imine (C=N–C) groups is 1. The van der Waals surface area contributed by atoms with Gasteiger partial charge in [0.25, 0.3) is 0 Å². The van der Waals surface area contributed by atoms with Crippen molar-refractivity contribution in [3.63, 3.8) is 0 Å². The molecular formula is C10H10Cl4N4. The Bertz CT molecular complexity index is 487. The van der Waals surface area contributed by atoms with E-state index in [-0.39, 0.29) is 12.4 Å². The van der Waals surface area contributed by atoms with Crippen molar-refractivity contribution in [1.82, 2.24) is 10.7 Å². The van der Waals surface area contributed by atoms with Crippen LogP contribution in [0.25, 0.3) is 0 Å². The van der Waals surface area contributed by atoms with Gasteiger partial charge in [0.1, 0.15) is 0 Å². The summed E-state index contributed by atoms with van der Waals surface area (Å²) in [6.07, 6.45) is 1.51. The summed E-state index contributed by atoms with van der Waals surface area (Å²) < 4.78 is 0. The Labute approximate surface area is 126 Å². The Hall–Kier alpha value is -0.680. The summed E-state index contributed by atoms with van der Waals surface area (Å²) >= 11 is 17.9. The maximum Gasteiger partial charge on any atom is 0.212 e. The largest absolute Gasteiger partial charge is 0.353 e. The summed E-state index contributed by atoms with van der Waals surface area (Å²) in [5.41, 5.74) is 3.33. The zero-order valence-electron chi connectivity index (χ0n) is 9.08. The minimum absolute atomic E-state index is 0. The maximum absolute atomic E-state index is 6.01. The number of guanidine groups is 1. The highest BCUT2D eigenvalue weighted by Crippen LogP contribution is 2.29. The zero-order valence-corrected chi connectivity index (χ0v) is 12.2. The fraction of sp³-hybridized carbons (Fsp3) is 0.200. The predicted molar refractivity (Wildman–Crippen MR) is 79.8 cm³/mol. The van der Waals surface area contributed by atoms with Gasteiger partial charge in [0.15, 0.2) is 0 Å². The number of halogens is 4. The summed E-state index contributed by atoms with van der Waals surface area (Å²) in [6.45, 7) is 1.56. The minimum atomic E-state index is 0. The lowest BCUT2D eigenvalue weighted by Crippen LogP contribution is -2.30. The highest BCUT2D eigenvalue weighted by Gasteiger charge is 2.07. The van der Waals surface area contributed by atoms with Crippen LogP contribution < -0.4 is 10.7 Å². The topological polar surface area (TPSA) is 48.8 Å². The fourth-order valence-electron chi connectivity index (χ4n) is 1.29. The summed E-state index contributed by atoms with van der Waals surface area (Å²) in [6, 6.07) is 3.31. The van der Waals surface area contributed by atoms with Crippen molar-refractivity contribution in [3.8, 4) is 0 Å². The third-order valence-electron chi connectivity index (χ3n) is 2.12. The van der Waals surface area contributed by atoms with E-state index in [4.69, 9.17) is 34.8 Å². The molecule has 98 valence electrons. The van der Waals surface area contributed by atoms with Gasteiger partial charge in [-0.25, -0.2) is 10.4 Å². The highest BCUT2D eigenvalue weighted by molar-refractivity contribution is 6.45. The average Bonchev–Trinajstić information content (AvgIpc) is 2.81. The van der Waals surface area contributed by atoms with Gasteiger partial charge in [-0.1, -0.05) is 34.8 Å². The smallest absolute Gasteiger partial charge is 0.212 e. The summed E-state index contributed by atoms with van der Waals surface area (Å²) in [4.78, 5) is 4.12. The van der Waals surface area contributed by atoms with Crippen LogP contribution in [0.1, 0.15) is 5.56 Å².